The third kappa shape index (κ3) is 4.28. The maximum absolute atomic E-state index is 13.4. The molecule has 0 spiro atoms. The van der Waals surface area contributed by atoms with Gasteiger partial charge in [0.1, 0.15) is 5.82 Å². The van der Waals surface area contributed by atoms with Crippen LogP contribution < -0.4 is 5.32 Å². The monoisotopic (exact) mass is 392 g/mol. The minimum absolute atomic E-state index is 0.0352. The zero-order valence-electron chi connectivity index (χ0n) is 14.7. The molecule has 28 heavy (non-hydrogen) atoms. The van der Waals surface area contributed by atoms with E-state index in [2.05, 4.69) is 10.3 Å². The van der Waals surface area contributed by atoms with Crippen LogP contribution in [0.4, 0.5) is 17.6 Å². The summed E-state index contributed by atoms with van der Waals surface area (Å²) in [6.07, 6.45) is -5.85. The van der Waals surface area contributed by atoms with Crippen LogP contribution in [0.25, 0.3) is 10.9 Å². The molecule has 0 saturated heterocycles. The fraction of sp³-hybridized carbons (Fsp3) is 0.200. The number of hydrogen-bond acceptors (Lipinski definition) is 3. The number of aliphatic hydroxyl groups excluding tert-OH is 1. The number of aliphatic hydroxyl groups is 1. The molecular weight excluding hydrogens is 376 g/mol. The predicted molar refractivity (Wildman–Crippen MR) is 95.2 cm³/mol. The van der Waals surface area contributed by atoms with Gasteiger partial charge < -0.3 is 10.4 Å². The summed E-state index contributed by atoms with van der Waals surface area (Å²) in [4.78, 5) is 16.7. The van der Waals surface area contributed by atoms with Crippen LogP contribution in [0, 0.1) is 12.7 Å². The zero-order chi connectivity index (χ0) is 20.5. The van der Waals surface area contributed by atoms with Gasteiger partial charge in [0.25, 0.3) is 5.91 Å². The Kier molecular flexibility index (Phi) is 5.33. The lowest BCUT2D eigenvalue weighted by Gasteiger charge is -2.15. The van der Waals surface area contributed by atoms with Crippen molar-refractivity contribution in [3.63, 3.8) is 0 Å². The van der Waals surface area contributed by atoms with E-state index in [0.717, 1.165) is 12.1 Å². The molecule has 1 atom stereocenters. The Balaban J connectivity index is 1.78. The van der Waals surface area contributed by atoms with Crippen molar-refractivity contribution in [3.8, 4) is 0 Å². The molecule has 0 unspecified atom stereocenters. The molecule has 0 aliphatic rings. The number of alkyl halides is 3. The first kappa shape index (κ1) is 19.8. The van der Waals surface area contributed by atoms with Crippen LogP contribution in [-0.4, -0.2) is 22.5 Å². The van der Waals surface area contributed by atoms with E-state index >= 15 is 0 Å². The predicted octanol–water partition coefficient (Wildman–Crippen LogP) is 4.16. The molecule has 1 amide bonds. The minimum atomic E-state index is -4.53. The number of carbonyl (C=O) groups excluding carboxylic acids is 1. The second kappa shape index (κ2) is 7.55. The van der Waals surface area contributed by atoms with Crippen LogP contribution in [-0.2, 0) is 6.18 Å². The molecule has 2 N–H and O–H groups in total. The summed E-state index contributed by atoms with van der Waals surface area (Å²) < 4.78 is 51.8. The SMILES string of the molecule is Cc1cc(C(=O)NC[C@H](O)c2cccc(C(F)(F)F)c2)c2ccc(F)cc2n1. The van der Waals surface area contributed by atoms with E-state index in [4.69, 9.17) is 0 Å². The van der Waals surface area contributed by atoms with Gasteiger partial charge in [-0.25, -0.2) is 4.39 Å². The maximum Gasteiger partial charge on any atom is 0.416 e. The third-order valence-electron chi connectivity index (χ3n) is 4.20. The molecule has 3 rings (SSSR count). The number of nitrogens with one attached hydrogen (secondary N) is 1. The van der Waals surface area contributed by atoms with Gasteiger partial charge in [0, 0.05) is 23.7 Å². The highest BCUT2D eigenvalue weighted by atomic mass is 19.4. The number of amides is 1. The van der Waals surface area contributed by atoms with E-state index in [1.54, 1.807) is 6.92 Å². The van der Waals surface area contributed by atoms with Crippen molar-refractivity contribution in [1.29, 1.82) is 0 Å². The van der Waals surface area contributed by atoms with Crippen molar-refractivity contribution in [2.75, 3.05) is 6.54 Å². The molecule has 1 aromatic heterocycles. The Hall–Kier alpha value is -3.00. The molecule has 2 aromatic carbocycles. The van der Waals surface area contributed by atoms with Gasteiger partial charge in [0.2, 0.25) is 0 Å². The van der Waals surface area contributed by atoms with Crippen LogP contribution in [0.5, 0.6) is 0 Å². The van der Waals surface area contributed by atoms with Gasteiger partial charge in [-0.3, -0.25) is 9.78 Å². The first-order valence-corrected chi connectivity index (χ1v) is 8.35. The molecule has 146 valence electrons. The average molecular weight is 392 g/mol. The summed E-state index contributed by atoms with van der Waals surface area (Å²) in [6.45, 7) is 1.36. The van der Waals surface area contributed by atoms with Gasteiger partial charge in [0.05, 0.1) is 22.7 Å². The van der Waals surface area contributed by atoms with Gasteiger partial charge in [-0.15, -0.1) is 0 Å². The van der Waals surface area contributed by atoms with Crippen LogP contribution >= 0.6 is 0 Å². The lowest BCUT2D eigenvalue weighted by Crippen LogP contribution is -2.28. The molecule has 0 aliphatic heterocycles. The summed E-state index contributed by atoms with van der Waals surface area (Å²) in [5.74, 6) is -1.04. The number of carbonyl (C=O) groups is 1. The van der Waals surface area contributed by atoms with E-state index < -0.39 is 29.6 Å². The standard InChI is InChI=1S/C20H16F4N2O2/c1-11-7-16(15-6-5-14(21)9-17(15)26-11)19(28)25-10-18(27)12-3-2-4-13(8-12)20(22,23)24/h2-9,18,27H,10H2,1H3,(H,25,28)/t18-/m0/s1. The molecule has 3 aromatic rings. The molecule has 4 nitrogen and oxygen atoms in total. The zero-order valence-corrected chi connectivity index (χ0v) is 14.7. The topological polar surface area (TPSA) is 62.2 Å². The van der Waals surface area contributed by atoms with Crippen molar-refractivity contribution >= 4 is 16.8 Å². The highest BCUT2D eigenvalue weighted by molar-refractivity contribution is 6.06. The van der Waals surface area contributed by atoms with Crippen LogP contribution in [0.3, 0.4) is 0 Å². The number of hydrogen-bond donors (Lipinski definition) is 2. The van der Waals surface area contributed by atoms with Gasteiger partial charge >= 0.3 is 6.18 Å². The van der Waals surface area contributed by atoms with Crippen molar-refractivity contribution < 1.29 is 27.5 Å². The Bertz CT molecular complexity index is 1030. The number of aromatic nitrogens is 1. The second-order valence-corrected chi connectivity index (χ2v) is 6.32. The first-order chi connectivity index (χ1) is 13.1. The fourth-order valence-electron chi connectivity index (χ4n) is 2.85. The molecule has 0 radical (unpaired) electrons. The Labute approximate surface area is 157 Å². The molecule has 0 fully saturated rings. The van der Waals surface area contributed by atoms with Crippen molar-refractivity contribution in [3.05, 3.63) is 76.7 Å². The molecule has 8 heteroatoms. The summed E-state index contributed by atoms with van der Waals surface area (Å²) in [6, 6.07) is 9.63. The van der Waals surface area contributed by atoms with E-state index in [1.807, 2.05) is 0 Å². The molecule has 0 aliphatic carbocycles. The molecule has 0 saturated carbocycles. The van der Waals surface area contributed by atoms with E-state index in [0.29, 0.717) is 16.6 Å². The Morgan fingerprint density at radius 1 is 1.18 bits per heavy atom. The Morgan fingerprint density at radius 3 is 2.64 bits per heavy atom. The summed E-state index contributed by atoms with van der Waals surface area (Å²) in [7, 11) is 0. The highest BCUT2D eigenvalue weighted by Crippen LogP contribution is 2.30. The molecular formula is C20H16F4N2O2. The normalized spacial score (nSPS) is 12.8. The van der Waals surface area contributed by atoms with E-state index in [9.17, 15) is 27.5 Å². The van der Waals surface area contributed by atoms with E-state index in [1.165, 1.54) is 36.4 Å². The fourth-order valence-corrected chi connectivity index (χ4v) is 2.85. The van der Waals surface area contributed by atoms with Gasteiger partial charge in [-0.2, -0.15) is 13.2 Å². The lowest BCUT2D eigenvalue weighted by molar-refractivity contribution is -0.137. The van der Waals surface area contributed by atoms with Gasteiger partial charge in [-0.1, -0.05) is 12.1 Å². The smallest absolute Gasteiger partial charge is 0.387 e. The minimum Gasteiger partial charge on any atom is -0.387 e. The summed E-state index contributed by atoms with van der Waals surface area (Å²) >= 11 is 0. The first-order valence-electron chi connectivity index (χ1n) is 8.35. The number of aryl methyl sites for hydroxylation is 1. The number of benzene rings is 2. The summed E-state index contributed by atoms with van der Waals surface area (Å²) in [5, 5.41) is 13.1. The van der Waals surface area contributed by atoms with Gasteiger partial charge in [-0.05, 0) is 42.8 Å². The number of fused-ring (bicyclic) bond motifs is 1. The van der Waals surface area contributed by atoms with Crippen LogP contribution in [0.1, 0.15) is 33.3 Å². The van der Waals surface area contributed by atoms with E-state index in [-0.39, 0.29) is 17.7 Å². The van der Waals surface area contributed by atoms with Crippen LogP contribution in [0.15, 0.2) is 48.5 Å². The second-order valence-electron chi connectivity index (χ2n) is 6.32. The number of nitrogens with zero attached hydrogens (tertiary/aromatic N) is 1. The molecule has 0 bridgehead atoms. The van der Waals surface area contributed by atoms with Crippen molar-refractivity contribution in [2.24, 2.45) is 0 Å². The quantitative estimate of drug-likeness (QED) is 0.656. The average Bonchev–Trinajstić information content (AvgIpc) is 2.64. The van der Waals surface area contributed by atoms with Crippen molar-refractivity contribution in [2.45, 2.75) is 19.2 Å². The third-order valence-corrected chi connectivity index (χ3v) is 4.20. The molecule has 1 heterocycles. The number of pyridine rings is 1. The van der Waals surface area contributed by atoms with Crippen molar-refractivity contribution in [1.82, 2.24) is 10.3 Å². The number of halogens is 4. The number of rotatable bonds is 4. The Morgan fingerprint density at radius 2 is 1.93 bits per heavy atom. The van der Waals surface area contributed by atoms with Crippen LogP contribution in [0.2, 0.25) is 0 Å². The lowest BCUT2D eigenvalue weighted by atomic mass is 10.0. The highest BCUT2D eigenvalue weighted by Gasteiger charge is 2.30. The summed E-state index contributed by atoms with van der Waals surface area (Å²) in [5.41, 5.74) is 0.199. The largest absolute Gasteiger partial charge is 0.416 e. The maximum atomic E-state index is 13.4. The van der Waals surface area contributed by atoms with Gasteiger partial charge in [0.15, 0.2) is 0 Å².